The van der Waals surface area contributed by atoms with Gasteiger partial charge in [0.15, 0.2) is 0 Å². The second-order valence-electron chi connectivity index (χ2n) is 5.63. The molecule has 19 heavy (non-hydrogen) atoms. The van der Waals surface area contributed by atoms with E-state index in [1.165, 1.54) is 16.7 Å². The van der Waals surface area contributed by atoms with Crippen LogP contribution in [0.2, 0.25) is 0 Å². The van der Waals surface area contributed by atoms with Crippen molar-refractivity contribution in [3.8, 4) is 5.75 Å². The molecule has 3 nitrogen and oxygen atoms in total. The fourth-order valence-electron chi connectivity index (χ4n) is 2.50. The topological polar surface area (TPSA) is 38.5 Å². The normalized spacial score (nSPS) is 12.8. The number of nitrogens with zero attached hydrogens (tertiary/aromatic N) is 1. The number of nitrogens with two attached hydrogens (primary N) is 1. The van der Waals surface area contributed by atoms with Crippen molar-refractivity contribution < 1.29 is 4.74 Å². The van der Waals surface area contributed by atoms with Crippen molar-refractivity contribution >= 4 is 0 Å². The summed E-state index contributed by atoms with van der Waals surface area (Å²) in [5.41, 5.74) is 9.47. The Balaban J connectivity index is 2.69. The van der Waals surface area contributed by atoms with E-state index in [0.717, 1.165) is 31.8 Å². The van der Waals surface area contributed by atoms with Gasteiger partial charge in [-0.3, -0.25) is 0 Å². The van der Waals surface area contributed by atoms with Crippen LogP contribution in [-0.2, 0) is 6.54 Å². The van der Waals surface area contributed by atoms with Crippen molar-refractivity contribution in [2.45, 2.75) is 33.7 Å². The van der Waals surface area contributed by atoms with Gasteiger partial charge in [0.25, 0.3) is 0 Å². The zero-order valence-corrected chi connectivity index (χ0v) is 13.0. The maximum atomic E-state index is 5.60. The van der Waals surface area contributed by atoms with Gasteiger partial charge in [0.2, 0.25) is 0 Å². The van der Waals surface area contributed by atoms with E-state index in [1.54, 1.807) is 7.11 Å². The molecule has 1 rings (SSSR count). The van der Waals surface area contributed by atoms with Crippen LogP contribution in [0.4, 0.5) is 0 Å². The molecule has 0 fully saturated rings. The van der Waals surface area contributed by atoms with Crippen LogP contribution < -0.4 is 10.5 Å². The Kier molecular flexibility index (Phi) is 6.32. The Bertz CT molecular complexity index is 404. The van der Waals surface area contributed by atoms with Crippen molar-refractivity contribution in [3.63, 3.8) is 0 Å². The third-order valence-corrected chi connectivity index (χ3v) is 3.58. The summed E-state index contributed by atoms with van der Waals surface area (Å²) in [6, 6.07) is 4.36. The monoisotopic (exact) mass is 264 g/mol. The van der Waals surface area contributed by atoms with E-state index >= 15 is 0 Å². The quantitative estimate of drug-likeness (QED) is 0.823. The number of methoxy groups -OCH3 is 1. The predicted octanol–water partition coefficient (Wildman–Crippen LogP) is 2.73. The lowest BCUT2D eigenvalue weighted by Gasteiger charge is -2.22. The first-order valence-electron chi connectivity index (χ1n) is 7.00. The van der Waals surface area contributed by atoms with E-state index in [2.05, 4.69) is 44.9 Å². The lowest BCUT2D eigenvalue weighted by Crippen LogP contribution is -2.25. The minimum atomic E-state index is 0.648. The second-order valence-corrected chi connectivity index (χ2v) is 5.63. The van der Waals surface area contributed by atoms with E-state index in [-0.39, 0.29) is 0 Å². The number of aryl methyl sites for hydroxylation is 2. The van der Waals surface area contributed by atoms with Crippen molar-refractivity contribution in [1.29, 1.82) is 0 Å². The van der Waals surface area contributed by atoms with Crippen molar-refractivity contribution in [3.05, 3.63) is 28.8 Å². The molecule has 3 heteroatoms. The van der Waals surface area contributed by atoms with Crippen LogP contribution in [0.15, 0.2) is 12.1 Å². The van der Waals surface area contributed by atoms with E-state index in [4.69, 9.17) is 10.5 Å². The molecule has 0 saturated heterocycles. The molecule has 108 valence electrons. The third kappa shape index (κ3) is 4.84. The van der Waals surface area contributed by atoms with Crippen LogP contribution in [-0.4, -0.2) is 32.1 Å². The molecule has 1 aromatic rings. The summed E-state index contributed by atoms with van der Waals surface area (Å²) >= 11 is 0. The summed E-state index contributed by atoms with van der Waals surface area (Å²) in [6.07, 6.45) is 1.09. The molecule has 0 saturated carbocycles. The molecule has 0 aliphatic carbocycles. The molecule has 0 aliphatic rings. The van der Waals surface area contributed by atoms with Crippen LogP contribution in [0.5, 0.6) is 5.75 Å². The number of rotatable bonds is 7. The molecule has 0 spiro atoms. The highest BCUT2D eigenvalue weighted by molar-refractivity contribution is 5.41. The summed E-state index contributed by atoms with van der Waals surface area (Å²) in [4.78, 5) is 2.37. The summed E-state index contributed by atoms with van der Waals surface area (Å²) in [6.45, 7) is 9.34. The Hall–Kier alpha value is -1.06. The van der Waals surface area contributed by atoms with Gasteiger partial charge in [-0.2, -0.15) is 0 Å². The summed E-state index contributed by atoms with van der Waals surface area (Å²) in [5, 5.41) is 0. The van der Waals surface area contributed by atoms with E-state index < -0.39 is 0 Å². The molecule has 2 N–H and O–H groups in total. The number of benzene rings is 1. The summed E-state index contributed by atoms with van der Waals surface area (Å²) in [7, 11) is 3.90. The zero-order chi connectivity index (χ0) is 14.4. The predicted molar refractivity (Wildman–Crippen MR) is 81.6 cm³/mol. The fraction of sp³-hybridized carbons (Fsp3) is 0.625. The van der Waals surface area contributed by atoms with E-state index in [0.29, 0.717) is 5.92 Å². The number of hydrogen-bond donors (Lipinski definition) is 1. The maximum absolute atomic E-state index is 5.60. The molecular formula is C16H28N2O. The fourth-order valence-corrected chi connectivity index (χ4v) is 2.50. The first-order chi connectivity index (χ1) is 8.97. The highest BCUT2D eigenvalue weighted by Crippen LogP contribution is 2.23. The second kappa shape index (κ2) is 7.51. The van der Waals surface area contributed by atoms with Gasteiger partial charge in [-0.05, 0) is 62.5 Å². The zero-order valence-electron chi connectivity index (χ0n) is 13.0. The molecule has 1 unspecified atom stereocenters. The summed E-state index contributed by atoms with van der Waals surface area (Å²) in [5.74, 6) is 1.62. The average Bonchev–Trinajstić information content (AvgIpc) is 2.33. The molecule has 1 aromatic carbocycles. The van der Waals surface area contributed by atoms with Crippen LogP contribution in [0.1, 0.15) is 30.0 Å². The number of ether oxygens (including phenoxy) is 1. The van der Waals surface area contributed by atoms with Gasteiger partial charge in [0, 0.05) is 13.1 Å². The first kappa shape index (κ1) is 16.0. The lowest BCUT2D eigenvalue weighted by atomic mass is 10.0. The van der Waals surface area contributed by atoms with Crippen LogP contribution >= 0.6 is 0 Å². The molecular weight excluding hydrogens is 236 g/mol. The largest absolute Gasteiger partial charge is 0.496 e. The molecule has 0 aliphatic heterocycles. The Morgan fingerprint density at radius 3 is 2.53 bits per heavy atom. The lowest BCUT2D eigenvalue weighted by molar-refractivity contribution is 0.272. The van der Waals surface area contributed by atoms with Gasteiger partial charge >= 0.3 is 0 Å². The first-order valence-corrected chi connectivity index (χ1v) is 7.00. The van der Waals surface area contributed by atoms with E-state index in [1.807, 2.05) is 0 Å². The number of hydrogen-bond acceptors (Lipinski definition) is 3. The van der Waals surface area contributed by atoms with Crippen LogP contribution in [0.25, 0.3) is 0 Å². The Morgan fingerprint density at radius 2 is 1.95 bits per heavy atom. The molecule has 1 atom stereocenters. The van der Waals surface area contributed by atoms with Gasteiger partial charge in [0.1, 0.15) is 5.75 Å². The van der Waals surface area contributed by atoms with Gasteiger partial charge in [-0.25, -0.2) is 0 Å². The van der Waals surface area contributed by atoms with Crippen LogP contribution in [0.3, 0.4) is 0 Å². The van der Waals surface area contributed by atoms with Gasteiger partial charge in [-0.15, -0.1) is 0 Å². The minimum absolute atomic E-state index is 0.648. The third-order valence-electron chi connectivity index (χ3n) is 3.58. The highest BCUT2D eigenvalue weighted by atomic mass is 16.5. The summed E-state index contributed by atoms with van der Waals surface area (Å²) < 4.78 is 5.35. The van der Waals surface area contributed by atoms with Gasteiger partial charge in [0.05, 0.1) is 7.11 Å². The molecule has 0 aromatic heterocycles. The molecule has 0 heterocycles. The van der Waals surface area contributed by atoms with E-state index in [9.17, 15) is 0 Å². The Labute approximate surface area is 117 Å². The van der Waals surface area contributed by atoms with Gasteiger partial charge < -0.3 is 15.4 Å². The molecule has 0 amide bonds. The van der Waals surface area contributed by atoms with Crippen LogP contribution in [0, 0.1) is 19.8 Å². The average molecular weight is 264 g/mol. The van der Waals surface area contributed by atoms with Gasteiger partial charge in [-0.1, -0.05) is 13.0 Å². The highest BCUT2D eigenvalue weighted by Gasteiger charge is 2.10. The Morgan fingerprint density at radius 1 is 1.26 bits per heavy atom. The van der Waals surface area contributed by atoms with Crippen molar-refractivity contribution in [1.82, 2.24) is 4.90 Å². The maximum Gasteiger partial charge on any atom is 0.122 e. The minimum Gasteiger partial charge on any atom is -0.496 e. The molecule has 0 bridgehead atoms. The van der Waals surface area contributed by atoms with Crippen molar-refractivity contribution in [2.24, 2.45) is 11.7 Å². The molecule has 0 radical (unpaired) electrons. The van der Waals surface area contributed by atoms with Crippen molar-refractivity contribution in [2.75, 3.05) is 27.2 Å². The SMILES string of the molecule is COc1cc(C)c(CN(C)CC(C)CCN)cc1C. The smallest absolute Gasteiger partial charge is 0.122 e. The standard InChI is InChI=1S/C16H28N2O/c1-12(6-7-17)10-18(4)11-15-8-14(3)16(19-5)9-13(15)2/h8-9,12H,6-7,10-11,17H2,1-5H3.